The van der Waals surface area contributed by atoms with Gasteiger partial charge in [-0.3, -0.25) is 0 Å². The number of hydrogen-bond donors (Lipinski definition) is 0. The summed E-state index contributed by atoms with van der Waals surface area (Å²) in [5, 5.41) is 1.42. The fourth-order valence-electron chi connectivity index (χ4n) is 2.69. The van der Waals surface area contributed by atoms with Crippen LogP contribution in [0.3, 0.4) is 0 Å². The van der Waals surface area contributed by atoms with Crippen molar-refractivity contribution in [1.82, 2.24) is 0 Å². The number of epoxide rings is 2. The first-order chi connectivity index (χ1) is 11.2. The average molecular weight is 351 g/mol. The number of hydrogen-bond acceptors (Lipinski definition) is 3. The fraction of sp³-hybridized carbons (Fsp3) is 0.333. The largest absolute Gasteiger partial charge is 0.370 e. The molecule has 0 spiro atoms. The number of halogens is 2. The lowest BCUT2D eigenvalue weighted by Gasteiger charge is -2.24. The van der Waals surface area contributed by atoms with E-state index in [0.29, 0.717) is 23.3 Å². The van der Waals surface area contributed by atoms with E-state index in [1.807, 2.05) is 48.5 Å². The summed E-state index contributed by atoms with van der Waals surface area (Å²) < 4.78 is 17.4. The standard InChI is InChI=1S/C18H16Cl2O3/c19-13-5-1-11(2-6-13)17(15-9-21-15)23-18(16-10-22-16)12-3-7-14(20)8-4-12/h1-8,15-18H,9-10H2. The molecule has 4 atom stereocenters. The number of benzene rings is 2. The summed E-state index contributed by atoms with van der Waals surface area (Å²) in [6, 6.07) is 15.5. The number of rotatable bonds is 6. The maximum Gasteiger partial charge on any atom is 0.112 e. The molecular weight excluding hydrogens is 335 g/mol. The first kappa shape index (κ1) is 15.4. The van der Waals surface area contributed by atoms with Gasteiger partial charge in [-0.15, -0.1) is 0 Å². The Bertz CT molecular complexity index is 604. The van der Waals surface area contributed by atoms with Crippen LogP contribution in [0, 0.1) is 0 Å². The third-order valence-corrected chi connectivity index (χ3v) is 4.59. The zero-order valence-corrected chi connectivity index (χ0v) is 13.8. The highest BCUT2D eigenvalue weighted by atomic mass is 35.5. The minimum atomic E-state index is -0.128. The van der Waals surface area contributed by atoms with Crippen molar-refractivity contribution in [3.05, 3.63) is 69.7 Å². The molecule has 3 nitrogen and oxygen atoms in total. The monoisotopic (exact) mass is 350 g/mol. The van der Waals surface area contributed by atoms with Crippen LogP contribution in [0.1, 0.15) is 23.3 Å². The van der Waals surface area contributed by atoms with E-state index in [2.05, 4.69) is 0 Å². The molecule has 2 aromatic rings. The maximum absolute atomic E-state index is 6.41. The molecule has 0 saturated carbocycles. The summed E-state index contributed by atoms with van der Waals surface area (Å²) in [5.74, 6) is 0. The van der Waals surface area contributed by atoms with Crippen LogP contribution in [0.2, 0.25) is 10.0 Å². The van der Waals surface area contributed by atoms with Crippen molar-refractivity contribution >= 4 is 23.2 Å². The molecule has 2 aliphatic heterocycles. The molecule has 0 aromatic heterocycles. The summed E-state index contributed by atoms with van der Waals surface area (Å²) in [6.45, 7) is 1.43. The second kappa shape index (κ2) is 6.42. The van der Waals surface area contributed by atoms with Crippen LogP contribution in [0.5, 0.6) is 0 Å². The summed E-state index contributed by atoms with van der Waals surface area (Å²) in [7, 11) is 0. The molecule has 2 saturated heterocycles. The highest BCUT2D eigenvalue weighted by Gasteiger charge is 2.42. The minimum absolute atomic E-state index is 0.0877. The average Bonchev–Trinajstić information content (AvgIpc) is 3.45. The highest BCUT2D eigenvalue weighted by Crippen LogP contribution is 2.40. The molecule has 0 bridgehead atoms. The Morgan fingerprint density at radius 3 is 1.39 bits per heavy atom. The summed E-state index contributed by atoms with van der Waals surface area (Å²) in [5.41, 5.74) is 2.13. The smallest absolute Gasteiger partial charge is 0.112 e. The molecule has 4 rings (SSSR count). The van der Waals surface area contributed by atoms with E-state index >= 15 is 0 Å². The quantitative estimate of drug-likeness (QED) is 0.714. The van der Waals surface area contributed by atoms with Crippen molar-refractivity contribution < 1.29 is 14.2 Å². The van der Waals surface area contributed by atoms with Gasteiger partial charge < -0.3 is 14.2 Å². The van der Waals surface area contributed by atoms with E-state index in [0.717, 1.165) is 11.1 Å². The van der Waals surface area contributed by atoms with E-state index in [1.54, 1.807) is 0 Å². The Morgan fingerprint density at radius 1 is 0.739 bits per heavy atom. The summed E-state index contributed by atoms with van der Waals surface area (Å²) >= 11 is 12.0. The zero-order valence-electron chi connectivity index (χ0n) is 12.3. The van der Waals surface area contributed by atoms with Gasteiger partial charge in [0.25, 0.3) is 0 Å². The zero-order chi connectivity index (χ0) is 15.8. The maximum atomic E-state index is 6.41. The van der Waals surface area contributed by atoms with Crippen molar-refractivity contribution in [2.24, 2.45) is 0 Å². The second-order valence-electron chi connectivity index (χ2n) is 5.82. The van der Waals surface area contributed by atoms with Gasteiger partial charge in [0, 0.05) is 10.0 Å². The normalized spacial score (nSPS) is 25.0. The molecule has 2 heterocycles. The molecule has 0 N–H and O–H groups in total. The van der Waals surface area contributed by atoms with Gasteiger partial charge in [-0.25, -0.2) is 0 Å². The predicted molar refractivity (Wildman–Crippen MR) is 89.0 cm³/mol. The highest BCUT2D eigenvalue weighted by molar-refractivity contribution is 6.30. The van der Waals surface area contributed by atoms with E-state index in [1.165, 1.54) is 0 Å². The van der Waals surface area contributed by atoms with Crippen LogP contribution >= 0.6 is 23.2 Å². The third kappa shape index (κ3) is 3.70. The molecule has 2 aromatic carbocycles. The first-order valence-electron chi connectivity index (χ1n) is 7.60. The molecular formula is C18H16Cl2O3. The van der Waals surface area contributed by atoms with Crippen LogP contribution in [0.15, 0.2) is 48.5 Å². The molecule has 5 heteroatoms. The molecule has 0 aliphatic carbocycles. The van der Waals surface area contributed by atoms with Crippen molar-refractivity contribution in [3.63, 3.8) is 0 Å². The lowest BCUT2D eigenvalue weighted by molar-refractivity contribution is -0.0419. The Kier molecular flexibility index (Phi) is 4.31. The summed E-state index contributed by atoms with van der Waals surface area (Å²) in [6.07, 6.45) is -0.0799. The lowest BCUT2D eigenvalue weighted by Crippen LogP contribution is -2.19. The molecule has 0 amide bonds. The molecule has 23 heavy (non-hydrogen) atoms. The van der Waals surface area contributed by atoms with Crippen molar-refractivity contribution in [3.8, 4) is 0 Å². The van der Waals surface area contributed by atoms with E-state index in [-0.39, 0.29) is 24.4 Å². The molecule has 2 fully saturated rings. The van der Waals surface area contributed by atoms with Crippen LogP contribution in [0.25, 0.3) is 0 Å². The van der Waals surface area contributed by atoms with Crippen LogP contribution < -0.4 is 0 Å². The second-order valence-corrected chi connectivity index (χ2v) is 6.70. The van der Waals surface area contributed by atoms with Crippen LogP contribution in [-0.4, -0.2) is 25.4 Å². The summed E-state index contributed by atoms with van der Waals surface area (Å²) in [4.78, 5) is 0. The van der Waals surface area contributed by atoms with Crippen LogP contribution in [-0.2, 0) is 14.2 Å². The molecule has 120 valence electrons. The Balaban J connectivity index is 1.58. The fourth-order valence-corrected chi connectivity index (χ4v) is 2.94. The SMILES string of the molecule is Clc1ccc(C(OC(c2ccc(Cl)cc2)C2CO2)C2CO2)cc1. The van der Waals surface area contributed by atoms with Gasteiger partial charge in [0.05, 0.1) is 13.2 Å². The van der Waals surface area contributed by atoms with E-state index < -0.39 is 0 Å². The van der Waals surface area contributed by atoms with Crippen molar-refractivity contribution in [1.29, 1.82) is 0 Å². The van der Waals surface area contributed by atoms with Gasteiger partial charge in [0.15, 0.2) is 0 Å². The Labute approximate surface area is 145 Å². The van der Waals surface area contributed by atoms with Crippen LogP contribution in [0.4, 0.5) is 0 Å². The van der Waals surface area contributed by atoms with Crippen molar-refractivity contribution in [2.75, 3.05) is 13.2 Å². The van der Waals surface area contributed by atoms with Gasteiger partial charge in [-0.1, -0.05) is 47.5 Å². The topological polar surface area (TPSA) is 34.3 Å². The van der Waals surface area contributed by atoms with Gasteiger partial charge >= 0.3 is 0 Å². The first-order valence-corrected chi connectivity index (χ1v) is 8.36. The van der Waals surface area contributed by atoms with Gasteiger partial charge in [0.2, 0.25) is 0 Å². The third-order valence-electron chi connectivity index (χ3n) is 4.08. The lowest BCUT2D eigenvalue weighted by atomic mass is 10.0. The Morgan fingerprint density at radius 2 is 1.09 bits per heavy atom. The van der Waals surface area contributed by atoms with Gasteiger partial charge in [0.1, 0.15) is 24.4 Å². The van der Waals surface area contributed by atoms with E-state index in [4.69, 9.17) is 37.4 Å². The van der Waals surface area contributed by atoms with Gasteiger partial charge in [-0.05, 0) is 35.4 Å². The van der Waals surface area contributed by atoms with Crippen molar-refractivity contribution in [2.45, 2.75) is 24.4 Å². The molecule has 2 aliphatic rings. The van der Waals surface area contributed by atoms with Gasteiger partial charge in [-0.2, -0.15) is 0 Å². The molecule has 4 unspecified atom stereocenters. The predicted octanol–water partition coefficient (Wildman–Crippen LogP) is 4.59. The number of ether oxygens (including phenoxy) is 3. The van der Waals surface area contributed by atoms with E-state index in [9.17, 15) is 0 Å². The molecule has 0 radical (unpaired) electrons. The minimum Gasteiger partial charge on any atom is -0.370 e. The Hall–Kier alpha value is -1.10.